The third-order valence-corrected chi connectivity index (χ3v) is 19.4. The first-order valence-corrected chi connectivity index (χ1v) is 42.8. The highest BCUT2D eigenvalue weighted by molar-refractivity contribution is 7.47. The first-order chi connectivity index (χ1) is 47.0. The van der Waals surface area contributed by atoms with E-state index in [-0.39, 0.29) is 25.6 Å². The quantitative estimate of drug-likeness (QED) is 0.0211. The molecular formula is C86H159NO8P+. The molecule has 0 rings (SSSR count). The van der Waals surface area contributed by atoms with Crippen LogP contribution in [0.5, 0.6) is 0 Å². The van der Waals surface area contributed by atoms with E-state index < -0.39 is 26.5 Å². The van der Waals surface area contributed by atoms with Crippen LogP contribution in [0.2, 0.25) is 0 Å². The first kappa shape index (κ1) is 93.2. The van der Waals surface area contributed by atoms with E-state index >= 15 is 0 Å². The lowest BCUT2D eigenvalue weighted by molar-refractivity contribution is -0.870. The summed E-state index contributed by atoms with van der Waals surface area (Å²) in [5.74, 6) is -0.786. The molecule has 96 heavy (non-hydrogen) atoms. The molecule has 0 heterocycles. The number of phosphoric acid groups is 1. The molecule has 2 atom stereocenters. The van der Waals surface area contributed by atoms with Crippen molar-refractivity contribution in [2.75, 3.05) is 47.5 Å². The predicted molar refractivity (Wildman–Crippen MR) is 418 cm³/mol. The number of carbonyl (C=O) groups excluding carboxylic acids is 2. The van der Waals surface area contributed by atoms with Gasteiger partial charge in [0, 0.05) is 12.8 Å². The van der Waals surface area contributed by atoms with E-state index in [0.717, 1.165) is 89.9 Å². The number of likely N-dealkylation sites (N-methyl/N-ethyl adjacent to an activating group) is 1. The summed E-state index contributed by atoms with van der Waals surface area (Å²) < 4.78 is 34.8. The zero-order valence-corrected chi connectivity index (χ0v) is 65.0. The number of phosphoric ester groups is 1. The summed E-state index contributed by atoms with van der Waals surface area (Å²) in [5, 5.41) is 0. The topological polar surface area (TPSA) is 108 Å². The lowest BCUT2D eigenvalue weighted by atomic mass is 10.0. The second-order valence-corrected chi connectivity index (χ2v) is 30.6. The Labute approximate surface area is 596 Å². The van der Waals surface area contributed by atoms with Crippen molar-refractivity contribution in [1.29, 1.82) is 0 Å². The molecule has 0 radical (unpaired) electrons. The number of hydrogen-bond acceptors (Lipinski definition) is 7. The van der Waals surface area contributed by atoms with Gasteiger partial charge in [-0.1, -0.05) is 401 Å². The Hall–Kier alpha value is -2.81. The Morgan fingerprint density at radius 2 is 0.594 bits per heavy atom. The fraction of sp³-hybridized carbons (Fsp3) is 0.814. The number of hydrogen-bond donors (Lipinski definition) is 1. The van der Waals surface area contributed by atoms with Gasteiger partial charge >= 0.3 is 19.8 Å². The maximum absolute atomic E-state index is 12.9. The van der Waals surface area contributed by atoms with Crippen LogP contribution in [-0.4, -0.2) is 74.9 Å². The van der Waals surface area contributed by atoms with E-state index in [9.17, 15) is 19.0 Å². The Kier molecular flexibility index (Phi) is 74.1. The summed E-state index contributed by atoms with van der Waals surface area (Å²) in [7, 11) is 1.48. The zero-order valence-electron chi connectivity index (χ0n) is 64.1. The number of esters is 2. The number of allylic oxidation sites excluding steroid dienone is 14. The van der Waals surface area contributed by atoms with Gasteiger partial charge < -0.3 is 18.9 Å². The van der Waals surface area contributed by atoms with Crippen molar-refractivity contribution in [1.82, 2.24) is 0 Å². The van der Waals surface area contributed by atoms with Gasteiger partial charge in [-0.25, -0.2) is 4.57 Å². The van der Waals surface area contributed by atoms with Crippen LogP contribution in [0.3, 0.4) is 0 Å². The fourth-order valence-corrected chi connectivity index (χ4v) is 12.9. The normalized spacial score (nSPS) is 13.4. The van der Waals surface area contributed by atoms with E-state index in [0.29, 0.717) is 23.9 Å². The Morgan fingerprint density at radius 1 is 0.333 bits per heavy atom. The Morgan fingerprint density at radius 3 is 0.885 bits per heavy atom. The molecule has 10 heteroatoms. The van der Waals surface area contributed by atoms with Crippen molar-refractivity contribution in [3.63, 3.8) is 0 Å². The van der Waals surface area contributed by atoms with E-state index in [1.165, 1.54) is 276 Å². The summed E-state index contributed by atoms with van der Waals surface area (Å²) in [6.07, 6.45) is 106. The number of ether oxygens (including phenoxy) is 2. The van der Waals surface area contributed by atoms with Crippen molar-refractivity contribution < 1.29 is 42.1 Å². The minimum Gasteiger partial charge on any atom is -0.462 e. The standard InChI is InChI=1S/C86H158NO8P/c1-6-8-10-12-14-16-18-20-22-24-26-28-30-32-34-36-38-40-41-42-43-44-45-47-48-50-52-54-56-58-60-62-64-66-68-70-72-74-76-78-85(88)92-82-84(83-94-96(90,91)93-81-80-87(3,4)5)95-86(89)79-77-75-73-71-69-67-65-63-61-59-57-55-53-51-49-46-39-37-35-33-31-29-27-25-23-21-19-17-15-13-11-9-7-2/h9,11,15,17,21,23,27,29,33,35,39,46,51,53,84H,6-8,10,12-14,16,18-20,22,24-26,28,30-32,34,36-38,40-45,47-50,52,54-83H2,1-5H3/p+1/b11-9-,17-15-,23-21-,29-27-,35-33-,46-39-,53-51-. The van der Waals surface area contributed by atoms with Gasteiger partial charge in [-0.15, -0.1) is 0 Å². The molecule has 0 aromatic carbocycles. The third-order valence-electron chi connectivity index (χ3n) is 18.4. The third kappa shape index (κ3) is 80.2. The molecule has 0 amide bonds. The minimum absolute atomic E-state index is 0.0300. The van der Waals surface area contributed by atoms with Crippen molar-refractivity contribution in [2.45, 2.75) is 405 Å². The molecule has 2 unspecified atom stereocenters. The Bertz CT molecular complexity index is 1900. The average Bonchev–Trinajstić information content (AvgIpc) is 1.48. The molecule has 9 nitrogen and oxygen atoms in total. The van der Waals surface area contributed by atoms with Crippen LogP contribution in [-0.2, 0) is 32.7 Å². The van der Waals surface area contributed by atoms with Crippen molar-refractivity contribution >= 4 is 19.8 Å². The van der Waals surface area contributed by atoms with Crippen LogP contribution in [0.15, 0.2) is 85.1 Å². The molecule has 0 aliphatic heterocycles. The lowest BCUT2D eigenvalue weighted by Gasteiger charge is -2.24. The van der Waals surface area contributed by atoms with Gasteiger partial charge in [0.15, 0.2) is 6.10 Å². The lowest BCUT2D eigenvalue weighted by Crippen LogP contribution is -2.37. The first-order valence-electron chi connectivity index (χ1n) is 41.3. The highest BCUT2D eigenvalue weighted by Gasteiger charge is 2.27. The predicted octanol–water partition coefficient (Wildman–Crippen LogP) is 27.6. The van der Waals surface area contributed by atoms with E-state index in [2.05, 4.69) is 98.9 Å². The fourth-order valence-electron chi connectivity index (χ4n) is 12.2. The molecule has 0 aromatic rings. The number of rotatable bonds is 77. The largest absolute Gasteiger partial charge is 0.472 e. The maximum atomic E-state index is 12.9. The van der Waals surface area contributed by atoms with E-state index in [1.807, 2.05) is 21.1 Å². The molecular weight excluding hydrogens is 1210 g/mol. The summed E-state index contributed by atoms with van der Waals surface area (Å²) in [4.78, 5) is 36.0. The van der Waals surface area contributed by atoms with Gasteiger partial charge in [0.2, 0.25) is 0 Å². The number of nitrogens with zero attached hydrogens (tertiary/aromatic N) is 1. The highest BCUT2D eigenvalue weighted by atomic mass is 31.2. The summed E-state index contributed by atoms with van der Waals surface area (Å²) in [5.41, 5.74) is 0. The second-order valence-electron chi connectivity index (χ2n) is 29.1. The molecule has 0 bridgehead atoms. The number of unbranched alkanes of at least 4 members (excludes halogenated alkanes) is 49. The van der Waals surface area contributed by atoms with Gasteiger partial charge in [0.25, 0.3) is 0 Å². The number of carbonyl (C=O) groups is 2. The van der Waals surface area contributed by atoms with Crippen LogP contribution in [0.1, 0.15) is 399 Å². The molecule has 0 saturated heterocycles. The maximum Gasteiger partial charge on any atom is 0.472 e. The van der Waals surface area contributed by atoms with E-state index in [1.54, 1.807) is 0 Å². The van der Waals surface area contributed by atoms with Gasteiger partial charge in [0.05, 0.1) is 27.7 Å². The SMILES string of the molecule is CC/C=C\C/C=C\C/C=C\C/C=C\C/C=C\C/C=C\C/C=C\CCCCCCCCCCCCCC(=O)OC(COC(=O)CCCCCCCCCCCCCCCCCCCCCCCCCCCCCCCCCCCCCCCCC)COP(=O)(O)OCC[N+](C)(C)C. The molecule has 0 aromatic heterocycles. The van der Waals surface area contributed by atoms with Crippen molar-refractivity contribution in [3.8, 4) is 0 Å². The zero-order chi connectivity index (χ0) is 69.7. The van der Waals surface area contributed by atoms with Gasteiger partial charge in [-0.3, -0.25) is 18.6 Å². The molecule has 0 aliphatic carbocycles. The molecule has 0 saturated carbocycles. The van der Waals surface area contributed by atoms with Crippen molar-refractivity contribution in [3.05, 3.63) is 85.1 Å². The smallest absolute Gasteiger partial charge is 0.462 e. The van der Waals surface area contributed by atoms with Crippen LogP contribution >= 0.6 is 7.82 Å². The highest BCUT2D eigenvalue weighted by Crippen LogP contribution is 2.43. The molecule has 0 spiro atoms. The molecule has 0 fully saturated rings. The number of quaternary nitrogens is 1. The van der Waals surface area contributed by atoms with Gasteiger partial charge in [0.1, 0.15) is 19.8 Å². The molecule has 1 N–H and O–H groups in total. The van der Waals surface area contributed by atoms with Crippen molar-refractivity contribution in [2.24, 2.45) is 0 Å². The molecule has 560 valence electrons. The van der Waals surface area contributed by atoms with E-state index in [4.69, 9.17) is 18.5 Å². The summed E-state index contributed by atoms with van der Waals surface area (Å²) in [6, 6.07) is 0. The van der Waals surface area contributed by atoms with Crippen LogP contribution in [0.4, 0.5) is 0 Å². The van der Waals surface area contributed by atoms with Crippen LogP contribution in [0, 0.1) is 0 Å². The van der Waals surface area contributed by atoms with Gasteiger partial charge in [-0.2, -0.15) is 0 Å². The monoisotopic (exact) mass is 1370 g/mol. The van der Waals surface area contributed by atoms with Crippen LogP contribution < -0.4 is 0 Å². The average molecular weight is 1370 g/mol. The Balaban J connectivity index is 3.92. The summed E-state index contributed by atoms with van der Waals surface area (Å²) >= 11 is 0. The minimum atomic E-state index is -4.40. The molecule has 0 aliphatic rings. The van der Waals surface area contributed by atoms with Crippen LogP contribution in [0.25, 0.3) is 0 Å². The summed E-state index contributed by atoms with van der Waals surface area (Å²) in [6.45, 7) is 4.38. The van der Waals surface area contributed by atoms with Gasteiger partial charge in [-0.05, 0) is 70.6 Å². The second kappa shape index (κ2) is 76.4.